The summed E-state index contributed by atoms with van der Waals surface area (Å²) in [5, 5.41) is 5.84. The molecule has 4 rings (SSSR count). The number of amides is 1. The van der Waals surface area contributed by atoms with Gasteiger partial charge in [-0.2, -0.15) is 5.10 Å². The van der Waals surface area contributed by atoms with Crippen LogP contribution in [0.25, 0.3) is 10.9 Å². The lowest BCUT2D eigenvalue weighted by atomic mass is 9.97. The van der Waals surface area contributed by atoms with Crippen molar-refractivity contribution < 1.29 is 9.53 Å². The third-order valence-corrected chi connectivity index (χ3v) is 5.98. The molecule has 140 valence electrons. The van der Waals surface area contributed by atoms with Crippen molar-refractivity contribution in [2.75, 3.05) is 0 Å². The number of aromatic nitrogens is 3. The first-order chi connectivity index (χ1) is 12.2. The Morgan fingerprint density at radius 3 is 2.50 bits per heavy atom. The number of piperidine rings is 1. The Labute approximate surface area is 162 Å². The van der Waals surface area contributed by atoms with Gasteiger partial charge in [-0.25, -0.2) is 4.79 Å². The van der Waals surface area contributed by atoms with Gasteiger partial charge in [0.05, 0.1) is 16.9 Å². The minimum atomic E-state index is -0.457. The van der Waals surface area contributed by atoms with Gasteiger partial charge in [0.25, 0.3) is 0 Å². The molecule has 0 saturated carbocycles. The van der Waals surface area contributed by atoms with Gasteiger partial charge in [0.2, 0.25) is 0 Å². The molecule has 2 bridgehead atoms. The molecule has 2 aliphatic rings. The van der Waals surface area contributed by atoms with Gasteiger partial charge in [0.15, 0.2) is 0 Å². The molecule has 0 N–H and O–H groups in total. The summed E-state index contributed by atoms with van der Waals surface area (Å²) >= 11 is 3.59. The standard InChI is InChI=1S/C19H25BrN4O2/c1-11-16-15(7-8-21-11)24(22-17(16)20)14-9-12-5-6-13(10-14)23(12)18(25)26-19(2,3)4/h7-8,12-14H,5-6,9-10H2,1-4H3/t12-,13+,14?. The van der Waals surface area contributed by atoms with Gasteiger partial charge < -0.3 is 9.64 Å². The van der Waals surface area contributed by atoms with E-state index in [1.165, 1.54) is 0 Å². The van der Waals surface area contributed by atoms with E-state index < -0.39 is 5.60 Å². The van der Waals surface area contributed by atoms with Crippen molar-refractivity contribution in [3.8, 4) is 0 Å². The second kappa shape index (κ2) is 6.22. The Hall–Kier alpha value is -1.63. The van der Waals surface area contributed by atoms with Crippen molar-refractivity contribution in [2.24, 2.45) is 0 Å². The van der Waals surface area contributed by atoms with Crippen LogP contribution in [0.15, 0.2) is 16.9 Å². The van der Waals surface area contributed by atoms with Crippen LogP contribution in [-0.2, 0) is 4.74 Å². The van der Waals surface area contributed by atoms with Crippen LogP contribution in [0, 0.1) is 6.92 Å². The summed E-state index contributed by atoms with van der Waals surface area (Å²) in [5.74, 6) is 0. The largest absolute Gasteiger partial charge is 0.444 e. The van der Waals surface area contributed by atoms with E-state index in [1.807, 2.05) is 44.9 Å². The van der Waals surface area contributed by atoms with E-state index in [-0.39, 0.29) is 18.2 Å². The van der Waals surface area contributed by atoms with Gasteiger partial charge in [-0.1, -0.05) is 0 Å². The minimum Gasteiger partial charge on any atom is -0.444 e. The quantitative estimate of drug-likeness (QED) is 0.675. The van der Waals surface area contributed by atoms with E-state index in [0.29, 0.717) is 6.04 Å². The van der Waals surface area contributed by atoms with Gasteiger partial charge in [-0.3, -0.25) is 9.67 Å². The van der Waals surface area contributed by atoms with Crippen molar-refractivity contribution in [3.05, 3.63) is 22.6 Å². The SMILES string of the molecule is Cc1nccc2c1c(Br)nn2C1C[C@H]2CC[C@@H](C1)N2C(=O)OC(C)(C)C. The average molecular weight is 421 g/mol. The number of rotatable bonds is 1. The number of hydrogen-bond donors (Lipinski definition) is 0. The number of aryl methyl sites for hydroxylation is 1. The summed E-state index contributed by atoms with van der Waals surface area (Å²) in [4.78, 5) is 19.0. The summed E-state index contributed by atoms with van der Waals surface area (Å²) in [6, 6.07) is 2.79. The maximum absolute atomic E-state index is 12.6. The van der Waals surface area contributed by atoms with Crippen LogP contribution in [0.5, 0.6) is 0 Å². The summed E-state index contributed by atoms with van der Waals surface area (Å²) in [6.45, 7) is 7.77. The molecule has 0 radical (unpaired) electrons. The Morgan fingerprint density at radius 2 is 1.88 bits per heavy atom. The van der Waals surface area contributed by atoms with Gasteiger partial charge in [-0.15, -0.1) is 0 Å². The smallest absolute Gasteiger partial charge is 0.410 e. The molecule has 2 aromatic rings. The van der Waals surface area contributed by atoms with Gasteiger partial charge in [-0.05, 0) is 75.4 Å². The second-order valence-corrected chi connectivity index (χ2v) is 9.17. The fraction of sp³-hybridized carbons (Fsp3) is 0.632. The first kappa shape index (κ1) is 17.8. The van der Waals surface area contributed by atoms with E-state index >= 15 is 0 Å². The predicted octanol–water partition coefficient (Wildman–Crippen LogP) is 4.61. The van der Waals surface area contributed by atoms with Gasteiger partial charge >= 0.3 is 6.09 Å². The number of halogens is 1. The molecule has 7 heteroatoms. The molecule has 26 heavy (non-hydrogen) atoms. The lowest BCUT2D eigenvalue weighted by Crippen LogP contribution is -2.48. The van der Waals surface area contributed by atoms with Crippen LogP contribution < -0.4 is 0 Å². The zero-order chi connectivity index (χ0) is 18.6. The van der Waals surface area contributed by atoms with Crippen LogP contribution in [-0.4, -0.2) is 43.4 Å². The van der Waals surface area contributed by atoms with Crippen molar-refractivity contribution in [2.45, 2.75) is 77.1 Å². The summed E-state index contributed by atoms with van der Waals surface area (Å²) < 4.78 is 8.62. The third-order valence-electron chi connectivity index (χ3n) is 5.43. The highest BCUT2D eigenvalue weighted by atomic mass is 79.9. The zero-order valence-corrected chi connectivity index (χ0v) is 17.3. The molecule has 2 aliphatic heterocycles. The zero-order valence-electron chi connectivity index (χ0n) is 15.7. The molecule has 6 nitrogen and oxygen atoms in total. The first-order valence-electron chi connectivity index (χ1n) is 9.25. The van der Waals surface area contributed by atoms with Crippen LogP contribution in [0.1, 0.15) is 58.2 Å². The monoisotopic (exact) mass is 420 g/mol. The van der Waals surface area contributed by atoms with E-state index in [0.717, 1.165) is 46.9 Å². The van der Waals surface area contributed by atoms with Crippen LogP contribution in [0.3, 0.4) is 0 Å². The van der Waals surface area contributed by atoms with Crippen molar-refractivity contribution in [1.29, 1.82) is 0 Å². The fourth-order valence-electron chi connectivity index (χ4n) is 4.44. The van der Waals surface area contributed by atoms with E-state index in [4.69, 9.17) is 9.84 Å². The number of pyridine rings is 1. The lowest BCUT2D eigenvalue weighted by molar-refractivity contribution is 0.00255. The van der Waals surface area contributed by atoms with Crippen molar-refractivity contribution >= 4 is 32.9 Å². The maximum atomic E-state index is 12.6. The number of fused-ring (bicyclic) bond motifs is 3. The molecule has 2 saturated heterocycles. The van der Waals surface area contributed by atoms with Crippen LogP contribution >= 0.6 is 15.9 Å². The maximum Gasteiger partial charge on any atom is 0.410 e. The van der Waals surface area contributed by atoms with Crippen molar-refractivity contribution in [3.63, 3.8) is 0 Å². The van der Waals surface area contributed by atoms with Gasteiger partial charge in [0.1, 0.15) is 10.2 Å². The molecular formula is C19H25BrN4O2. The van der Waals surface area contributed by atoms with Crippen LogP contribution in [0.2, 0.25) is 0 Å². The highest BCUT2D eigenvalue weighted by Gasteiger charge is 2.45. The lowest BCUT2D eigenvalue weighted by Gasteiger charge is -2.39. The van der Waals surface area contributed by atoms with E-state index in [9.17, 15) is 4.79 Å². The molecule has 2 fully saturated rings. The number of carbonyl (C=O) groups is 1. The second-order valence-electron chi connectivity index (χ2n) is 8.42. The molecule has 1 unspecified atom stereocenters. The van der Waals surface area contributed by atoms with Crippen molar-refractivity contribution in [1.82, 2.24) is 19.7 Å². The van der Waals surface area contributed by atoms with Gasteiger partial charge in [0, 0.05) is 24.0 Å². The summed E-state index contributed by atoms with van der Waals surface area (Å²) in [5.41, 5.74) is 1.63. The highest BCUT2D eigenvalue weighted by molar-refractivity contribution is 9.10. The number of nitrogens with zero attached hydrogens (tertiary/aromatic N) is 4. The average Bonchev–Trinajstić information content (AvgIpc) is 3.01. The summed E-state index contributed by atoms with van der Waals surface area (Å²) in [7, 11) is 0. The van der Waals surface area contributed by atoms with E-state index in [2.05, 4.69) is 25.6 Å². The highest BCUT2D eigenvalue weighted by Crippen LogP contribution is 2.43. The number of ether oxygens (including phenoxy) is 1. The minimum absolute atomic E-state index is 0.171. The van der Waals surface area contributed by atoms with E-state index in [1.54, 1.807) is 0 Å². The Morgan fingerprint density at radius 1 is 1.23 bits per heavy atom. The Bertz CT molecular complexity index is 843. The molecule has 0 aliphatic carbocycles. The predicted molar refractivity (Wildman–Crippen MR) is 103 cm³/mol. The van der Waals surface area contributed by atoms with Crippen LogP contribution in [0.4, 0.5) is 4.79 Å². The first-order valence-corrected chi connectivity index (χ1v) is 10.0. The molecule has 2 aromatic heterocycles. The molecule has 1 amide bonds. The topological polar surface area (TPSA) is 60.2 Å². The molecule has 3 atom stereocenters. The summed E-state index contributed by atoms with van der Waals surface area (Å²) in [6.07, 6.45) is 5.59. The number of carbonyl (C=O) groups excluding carboxylic acids is 1. The normalized spacial score (nSPS) is 25.7. The fourth-order valence-corrected chi connectivity index (χ4v) is 5.10. The number of hydrogen-bond acceptors (Lipinski definition) is 4. The Balaban J connectivity index is 1.60. The molecule has 4 heterocycles. The molecule has 0 aromatic carbocycles. The Kier molecular flexibility index (Phi) is 4.25. The third kappa shape index (κ3) is 3.00. The molecular weight excluding hydrogens is 396 g/mol. The molecule has 0 spiro atoms.